The third kappa shape index (κ3) is 3.38. The zero-order chi connectivity index (χ0) is 14.0. The molecule has 0 saturated heterocycles. The summed E-state index contributed by atoms with van der Waals surface area (Å²) in [5.74, 6) is 0.651. The van der Waals surface area contributed by atoms with Gasteiger partial charge in [-0.1, -0.05) is 18.2 Å². The molecule has 19 heavy (non-hydrogen) atoms. The van der Waals surface area contributed by atoms with Crippen LogP contribution in [0.15, 0.2) is 41.0 Å². The van der Waals surface area contributed by atoms with E-state index in [4.69, 9.17) is 4.42 Å². The predicted molar refractivity (Wildman–Crippen MR) is 63.6 cm³/mol. The van der Waals surface area contributed by atoms with E-state index in [1.807, 2.05) is 0 Å². The Morgan fingerprint density at radius 2 is 2.00 bits per heavy atom. The number of rotatable bonds is 3. The van der Waals surface area contributed by atoms with E-state index >= 15 is 0 Å². The first-order chi connectivity index (χ1) is 8.86. The minimum Gasteiger partial charge on any atom is -0.469 e. The summed E-state index contributed by atoms with van der Waals surface area (Å²) in [6.45, 7) is 1.74. The number of hydrogen-bond acceptors (Lipinski definition) is 2. The Labute approximate surface area is 108 Å². The minimum atomic E-state index is -4.37. The average Bonchev–Trinajstić information content (AvgIpc) is 2.75. The Morgan fingerprint density at radius 3 is 2.58 bits per heavy atom. The molecule has 0 spiro atoms. The van der Waals surface area contributed by atoms with Gasteiger partial charge in [-0.3, -0.25) is 0 Å². The van der Waals surface area contributed by atoms with Crippen LogP contribution in [0.1, 0.15) is 28.6 Å². The summed E-state index contributed by atoms with van der Waals surface area (Å²) in [5.41, 5.74) is 0.289. The first kappa shape index (κ1) is 13.7. The van der Waals surface area contributed by atoms with Crippen LogP contribution in [-0.4, -0.2) is 5.11 Å². The summed E-state index contributed by atoms with van der Waals surface area (Å²) < 4.78 is 42.7. The van der Waals surface area contributed by atoms with E-state index < -0.39 is 17.8 Å². The van der Waals surface area contributed by atoms with Crippen LogP contribution in [0.2, 0.25) is 0 Å². The van der Waals surface area contributed by atoms with Crippen molar-refractivity contribution in [1.82, 2.24) is 0 Å². The average molecular weight is 270 g/mol. The van der Waals surface area contributed by atoms with Gasteiger partial charge >= 0.3 is 6.18 Å². The number of aliphatic hydroxyl groups excluding tert-OH is 1. The second kappa shape index (κ2) is 5.09. The van der Waals surface area contributed by atoms with Crippen molar-refractivity contribution in [1.29, 1.82) is 0 Å². The van der Waals surface area contributed by atoms with Gasteiger partial charge in [-0.2, -0.15) is 13.2 Å². The third-order valence-electron chi connectivity index (χ3n) is 2.82. The second-order valence-electron chi connectivity index (χ2n) is 4.41. The lowest BCUT2D eigenvalue weighted by atomic mass is 10.0. The molecule has 1 atom stereocenters. The molecule has 1 heterocycles. The van der Waals surface area contributed by atoms with Gasteiger partial charge in [0.15, 0.2) is 0 Å². The SMILES string of the molecule is Cc1cc(C(O)Cc2cccc(C(F)(F)F)c2)co1. The first-order valence-corrected chi connectivity index (χ1v) is 5.75. The quantitative estimate of drug-likeness (QED) is 0.918. The van der Waals surface area contributed by atoms with Crippen LogP contribution in [0.3, 0.4) is 0 Å². The van der Waals surface area contributed by atoms with Gasteiger partial charge in [0.25, 0.3) is 0 Å². The van der Waals surface area contributed by atoms with Crippen LogP contribution < -0.4 is 0 Å². The van der Waals surface area contributed by atoms with Gasteiger partial charge in [0.2, 0.25) is 0 Å². The monoisotopic (exact) mass is 270 g/mol. The van der Waals surface area contributed by atoms with Crippen LogP contribution >= 0.6 is 0 Å². The summed E-state index contributed by atoms with van der Waals surface area (Å²) >= 11 is 0. The summed E-state index contributed by atoms with van der Waals surface area (Å²) in [6.07, 6.45) is -3.72. The Kier molecular flexibility index (Phi) is 3.66. The summed E-state index contributed by atoms with van der Waals surface area (Å²) in [4.78, 5) is 0. The van der Waals surface area contributed by atoms with E-state index in [-0.39, 0.29) is 6.42 Å². The fourth-order valence-electron chi connectivity index (χ4n) is 1.85. The van der Waals surface area contributed by atoms with E-state index in [0.717, 1.165) is 12.1 Å². The second-order valence-corrected chi connectivity index (χ2v) is 4.41. The number of alkyl halides is 3. The molecule has 0 radical (unpaired) electrons. The van der Waals surface area contributed by atoms with Gasteiger partial charge in [-0.15, -0.1) is 0 Å². The number of aryl methyl sites for hydroxylation is 1. The molecule has 1 unspecified atom stereocenters. The zero-order valence-electron chi connectivity index (χ0n) is 10.2. The molecule has 0 amide bonds. The maximum atomic E-state index is 12.6. The number of benzene rings is 1. The fourth-order valence-corrected chi connectivity index (χ4v) is 1.85. The first-order valence-electron chi connectivity index (χ1n) is 5.75. The van der Waals surface area contributed by atoms with E-state index in [1.54, 1.807) is 19.1 Å². The van der Waals surface area contributed by atoms with Crippen molar-refractivity contribution >= 4 is 0 Å². The van der Waals surface area contributed by atoms with Crippen LogP contribution in [0.5, 0.6) is 0 Å². The lowest BCUT2D eigenvalue weighted by Crippen LogP contribution is -2.07. The van der Waals surface area contributed by atoms with Crippen molar-refractivity contribution in [3.05, 3.63) is 59.0 Å². The van der Waals surface area contributed by atoms with Gasteiger partial charge in [-0.25, -0.2) is 0 Å². The lowest BCUT2D eigenvalue weighted by molar-refractivity contribution is -0.137. The van der Waals surface area contributed by atoms with Crippen LogP contribution in [0, 0.1) is 6.92 Å². The summed E-state index contributed by atoms with van der Waals surface area (Å²) in [5, 5.41) is 9.94. The van der Waals surface area contributed by atoms with E-state index in [2.05, 4.69) is 0 Å². The van der Waals surface area contributed by atoms with Gasteiger partial charge in [0.05, 0.1) is 17.9 Å². The molecule has 1 aromatic heterocycles. The summed E-state index contributed by atoms with van der Waals surface area (Å²) in [6, 6.07) is 6.63. The molecule has 0 aliphatic heterocycles. The highest BCUT2D eigenvalue weighted by molar-refractivity contribution is 5.27. The fraction of sp³-hybridized carbons (Fsp3) is 0.286. The smallest absolute Gasteiger partial charge is 0.416 e. The molecule has 0 aliphatic rings. The zero-order valence-corrected chi connectivity index (χ0v) is 10.2. The minimum absolute atomic E-state index is 0.114. The van der Waals surface area contributed by atoms with Gasteiger partial charge < -0.3 is 9.52 Å². The summed E-state index contributed by atoms with van der Waals surface area (Å²) in [7, 11) is 0. The predicted octanol–water partition coefficient (Wildman–Crippen LogP) is 3.88. The van der Waals surface area contributed by atoms with Crippen molar-refractivity contribution in [3.63, 3.8) is 0 Å². The topological polar surface area (TPSA) is 33.4 Å². The standard InChI is InChI=1S/C14H13F3O2/c1-9-5-11(8-19-9)13(18)7-10-3-2-4-12(6-10)14(15,16)17/h2-6,8,13,18H,7H2,1H3. The highest BCUT2D eigenvalue weighted by atomic mass is 19.4. The molecule has 2 nitrogen and oxygen atoms in total. The molecule has 2 rings (SSSR count). The molecule has 0 saturated carbocycles. The number of hydrogen-bond donors (Lipinski definition) is 1. The van der Waals surface area contributed by atoms with E-state index in [9.17, 15) is 18.3 Å². The number of halogens is 3. The molecule has 2 aromatic rings. The molecule has 5 heteroatoms. The normalized spacial score (nSPS) is 13.5. The molecule has 1 N–H and O–H groups in total. The molecule has 0 fully saturated rings. The van der Waals surface area contributed by atoms with Crippen LogP contribution in [-0.2, 0) is 12.6 Å². The van der Waals surface area contributed by atoms with E-state index in [0.29, 0.717) is 16.9 Å². The number of furan rings is 1. The Morgan fingerprint density at radius 1 is 1.26 bits per heavy atom. The molecule has 0 bridgehead atoms. The number of aliphatic hydroxyl groups is 1. The molecule has 0 aliphatic carbocycles. The Hall–Kier alpha value is -1.75. The highest BCUT2D eigenvalue weighted by Crippen LogP contribution is 2.30. The Balaban J connectivity index is 2.15. The molecule has 102 valence electrons. The van der Waals surface area contributed by atoms with Crippen molar-refractivity contribution < 1.29 is 22.7 Å². The van der Waals surface area contributed by atoms with Crippen molar-refractivity contribution in [2.75, 3.05) is 0 Å². The highest BCUT2D eigenvalue weighted by Gasteiger charge is 2.30. The van der Waals surface area contributed by atoms with Gasteiger partial charge in [0.1, 0.15) is 5.76 Å². The maximum Gasteiger partial charge on any atom is 0.416 e. The molecular weight excluding hydrogens is 257 g/mol. The van der Waals surface area contributed by atoms with Crippen molar-refractivity contribution in [2.45, 2.75) is 25.6 Å². The lowest BCUT2D eigenvalue weighted by Gasteiger charge is -2.11. The van der Waals surface area contributed by atoms with Crippen LogP contribution in [0.25, 0.3) is 0 Å². The molecular formula is C14H13F3O2. The molecule has 1 aromatic carbocycles. The Bertz CT molecular complexity index is 558. The van der Waals surface area contributed by atoms with Gasteiger partial charge in [0, 0.05) is 12.0 Å². The van der Waals surface area contributed by atoms with Crippen LogP contribution in [0.4, 0.5) is 13.2 Å². The third-order valence-corrected chi connectivity index (χ3v) is 2.82. The van der Waals surface area contributed by atoms with Crippen molar-refractivity contribution in [3.8, 4) is 0 Å². The van der Waals surface area contributed by atoms with E-state index in [1.165, 1.54) is 12.3 Å². The van der Waals surface area contributed by atoms with Gasteiger partial charge in [-0.05, 0) is 24.6 Å². The largest absolute Gasteiger partial charge is 0.469 e. The maximum absolute atomic E-state index is 12.6. The van der Waals surface area contributed by atoms with Crippen molar-refractivity contribution in [2.24, 2.45) is 0 Å².